The largest absolute Gasteiger partial charge is 0.459 e. The van der Waals surface area contributed by atoms with E-state index in [-0.39, 0.29) is 30.6 Å². The minimum absolute atomic E-state index is 0.0738. The number of fused-ring (bicyclic) bond motifs is 1. The van der Waals surface area contributed by atoms with Gasteiger partial charge in [-0.05, 0) is 45.7 Å². The van der Waals surface area contributed by atoms with Gasteiger partial charge in [0.05, 0.1) is 17.8 Å². The number of para-hydroxylation sites is 2. The summed E-state index contributed by atoms with van der Waals surface area (Å²) < 4.78 is 5.40. The summed E-state index contributed by atoms with van der Waals surface area (Å²) in [6.45, 7) is 5.13. The van der Waals surface area contributed by atoms with Crippen molar-refractivity contribution in [3.05, 3.63) is 24.3 Å². The van der Waals surface area contributed by atoms with Gasteiger partial charge in [0.25, 0.3) is 0 Å². The van der Waals surface area contributed by atoms with Crippen molar-refractivity contribution >= 4 is 34.9 Å². The molecule has 1 aromatic rings. The van der Waals surface area contributed by atoms with Crippen LogP contribution in [0.4, 0.5) is 11.4 Å². The lowest BCUT2D eigenvalue weighted by atomic mass is 9.87. The number of esters is 1. The molecule has 156 valence electrons. The molecule has 1 saturated carbocycles. The molecule has 2 aliphatic rings. The summed E-state index contributed by atoms with van der Waals surface area (Å²) in [5, 5.41) is 17.3. The molecule has 2 N–H and O–H groups in total. The minimum atomic E-state index is -0.645. The molecule has 1 aromatic carbocycles. The van der Waals surface area contributed by atoms with Gasteiger partial charge in [-0.2, -0.15) is 0 Å². The Kier molecular flexibility index (Phi) is 6.05. The Bertz CT molecular complexity index is 822. The SMILES string of the molecule is CC(C)(C)OC(=O)CN1C(=O)CC(=N)N(C(=N)C2CCCCC2)c2ccccc21. The Balaban J connectivity index is 1.94. The molecule has 0 radical (unpaired) electrons. The van der Waals surface area contributed by atoms with E-state index < -0.39 is 11.6 Å². The first-order valence-electron chi connectivity index (χ1n) is 10.2. The standard InChI is InChI=1S/C22H30N4O3/c1-22(2,3)29-20(28)14-25-16-11-7-8-12-17(16)26(18(23)13-19(25)27)21(24)15-9-5-4-6-10-15/h7-8,11-12,15,23-24H,4-6,9-10,13-14H2,1-3H3. The van der Waals surface area contributed by atoms with Crippen molar-refractivity contribution in [3.63, 3.8) is 0 Å². The van der Waals surface area contributed by atoms with E-state index in [1.165, 1.54) is 11.3 Å². The lowest BCUT2D eigenvalue weighted by Gasteiger charge is -2.32. The fourth-order valence-corrected chi connectivity index (χ4v) is 3.99. The first kappa shape index (κ1) is 21.0. The first-order chi connectivity index (χ1) is 13.7. The van der Waals surface area contributed by atoms with Gasteiger partial charge in [-0.25, -0.2) is 0 Å². The number of carbonyl (C=O) groups is 2. The van der Waals surface area contributed by atoms with Gasteiger partial charge in [-0.15, -0.1) is 0 Å². The molecular weight excluding hydrogens is 368 g/mol. The van der Waals surface area contributed by atoms with Gasteiger partial charge in [0.2, 0.25) is 5.91 Å². The van der Waals surface area contributed by atoms with Gasteiger partial charge in [-0.3, -0.25) is 30.2 Å². The molecule has 0 aromatic heterocycles. The van der Waals surface area contributed by atoms with Crippen LogP contribution in [0, 0.1) is 16.7 Å². The Hall–Kier alpha value is -2.70. The molecule has 0 saturated heterocycles. The van der Waals surface area contributed by atoms with Crippen molar-refractivity contribution in [2.24, 2.45) is 5.92 Å². The maximum Gasteiger partial charge on any atom is 0.326 e. The molecule has 1 aliphatic carbocycles. The van der Waals surface area contributed by atoms with Crippen molar-refractivity contribution < 1.29 is 14.3 Å². The minimum Gasteiger partial charge on any atom is -0.459 e. The highest BCUT2D eigenvalue weighted by Crippen LogP contribution is 2.36. The van der Waals surface area contributed by atoms with Crippen LogP contribution in [0.5, 0.6) is 0 Å². The van der Waals surface area contributed by atoms with Crippen LogP contribution >= 0.6 is 0 Å². The summed E-state index contributed by atoms with van der Waals surface area (Å²) >= 11 is 0. The van der Waals surface area contributed by atoms with Crippen molar-refractivity contribution in [3.8, 4) is 0 Å². The summed E-state index contributed by atoms with van der Waals surface area (Å²) in [7, 11) is 0. The third-order valence-electron chi connectivity index (χ3n) is 5.24. The van der Waals surface area contributed by atoms with Crippen LogP contribution in [0.15, 0.2) is 24.3 Å². The van der Waals surface area contributed by atoms with Crippen LogP contribution < -0.4 is 9.80 Å². The van der Waals surface area contributed by atoms with Crippen LogP contribution in [-0.2, 0) is 14.3 Å². The lowest BCUT2D eigenvalue weighted by molar-refractivity contribution is -0.153. The van der Waals surface area contributed by atoms with Gasteiger partial charge in [0.15, 0.2) is 0 Å². The number of hydrogen-bond donors (Lipinski definition) is 2. The zero-order valence-electron chi connectivity index (χ0n) is 17.5. The topological polar surface area (TPSA) is 97.6 Å². The van der Waals surface area contributed by atoms with Gasteiger partial charge in [-0.1, -0.05) is 31.4 Å². The molecule has 1 heterocycles. The average Bonchev–Trinajstić information content (AvgIpc) is 2.75. The van der Waals surface area contributed by atoms with Gasteiger partial charge < -0.3 is 4.74 Å². The van der Waals surface area contributed by atoms with E-state index in [1.54, 1.807) is 37.8 Å². The Morgan fingerprint density at radius 2 is 1.76 bits per heavy atom. The third-order valence-corrected chi connectivity index (χ3v) is 5.24. The number of nitrogens with zero attached hydrogens (tertiary/aromatic N) is 2. The zero-order chi connectivity index (χ0) is 21.2. The summed E-state index contributed by atoms with van der Waals surface area (Å²) in [5.41, 5.74) is 0.488. The number of amidine groups is 2. The van der Waals surface area contributed by atoms with Crippen molar-refractivity contribution in [2.75, 3.05) is 16.3 Å². The van der Waals surface area contributed by atoms with Gasteiger partial charge >= 0.3 is 5.97 Å². The number of ether oxygens (including phenoxy) is 1. The fourth-order valence-electron chi connectivity index (χ4n) is 3.99. The monoisotopic (exact) mass is 398 g/mol. The second kappa shape index (κ2) is 8.35. The van der Waals surface area contributed by atoms with Gasteiger partial charge in [0, 0.05) is 5.92 Å². The highest BCUT2D eigenvalue weighted by atomic mass is 16.6. The van der Waals surface area contributed by atoms with Crippen LogP contribution in [0.2, 0.25) is 0 Å². The molecular formula is C22H30N4O3. The predicted molar refractivity (Wildman–Crippen MR) is 114 cm³/mol. The number of benzene rings is 1. The maximum absolute atomic E-state index is 12.9. The van der Waals surface area contributed by atoms with E-state index in [1.807, 2.05) is 12.1 Å². The number of anilines is 2. The Morgan fingerprint density at radius 1 is 1.14 bits per heavy atom. The van der Waals surface area contributed by atoms with E-state index in [0.29, 0.717) is 17.2 Å². The van der Waals surface area contributed by atoms with E-state index in [9.17, 15) is 9.59 Å². The third kappa shape index (κ3) is 4.83. The molecule has 0 bridgehead atoms. The molecule has 0 unspecified atom stereocenters. The maximum atomic E-state index is 12.9. The highest BCUT2D eigenvalue weighted by Gasteiger charge is 2.35. The van der Waals surface area contributed by atoms with Crippen LogP contribution in [0.25, 0.3) is 0 Å². The van der Waals surface area contributed by atoms with Crippen LogP contribution in [0.3, 0.4) is 0 Å². The smallest absolute Gasteiger partial charge is 0.326 e. The lowest BCUT2D eigenvalue weighted by Crippen LogP contribution is -2.41. The quantitative estimate of drug-likeness (QED) is 0.455. The molecule has 1 amide bonds. The zero-order valence-corrected chi connectivity index (χ0v) is 17.5. The summed E-state index contributed by atoms with van der Waals surface area (Å²) in [4.78, 5) is 28.3. The van der Waals surface area contributed by atoms with Crippen LogP contribution in [-0.4, -0.2) is 35.7 Å². The summed E-state index contributed by atoms with van der Waals surface area (Å²) in [5.74, 6) is -0.307. The molecule has 1 aliphatic heterocycles. The number of amides is 1. The molecule has 7 nitrogen and oxygen atoms in total. The average molecular weight is 399 g/mol. The van der Waals surface area contributed by atoms with E-state index >= 15 is 0 Å². The van der Waals surface area contributed by atoms with E-state index in [2.05, 4.69) is 0 Å². The molecule has 0 atom stereocenters. The molecule has 29 heavy (non-hydrogen) atoms. The Labute approximate surface area is 172 Å². The fraction of sp³-hybridized carbons (Fsp3) is 0.545. The Morgan fingerprint density at radius 3 is 2.38 bits per heavy atom. The molecule has 7 heteroatoms. The highest BCUT2D eigenvalue weighted by molar-refractivity contribution is 6.27. The van der Waals surface area contributed by atoms with E-state index in [4.69, 9.17) is 15.6 Å². The normalized spacial score (nSPS) is 18.3. The second-order valence-electron chi connectivity index (χ2n) is 8.73. The number of rotatable bonds is 3. The second-order valence-corrected chi connectivity index (χ2v) is 8.73. The van der Waals surface area contributed by atoms with Crippen LogP contribution in [0.1, 0.15) is 59.3 Å². The molecule has 3 rings (SSSR count). The van der Waals surface area contributed by atoms with Crippen molar-refractivity contribution in [1.82, 2.24) is 0 Å². The summed E-state index contributed by atoms with van der Waals surface area (Å²) in [6, 6.07) is 7.19. The van der Waals surface area contributed by atoms with Gasteiger partial charge in [0.1, 0.15) is 23.8 Å². The number of hydrogen-bond acceptors (Lipinski definition) is 5. The first-order valence-corrected chi connectivity index (χ1v) is 10.2. The molecule has 0 spiro atoms. The number of carbonyl (C=O) groups excluding carboxylic acids is 2. The van der Waals surface area contributed by atoms with Crippen molar-refractivity contribution in [1.29, 1.82) is 10.8 Å². The van der Waals surface area contributed by atoms with E-state index in [0.717, 1.165) is 25.7 Å². The summed E-state index contributed by atoms with van der Waals surface area (Å²) in [6.07, 6.45) is 5.05. The van der Waals surface area contributed by atoms with Crippen molar-refractivity contribution in [2.45, 2.75) is 64.9 Å². The number of nitrogens with one attached hydrogen (secondary N) is 2. The predicted octanol–water partition coefficient (Wildman–Crippen LogP) is 4.11. The molecule has 1 fully saturated rings.